The standard InChI is InChI=1S/C19H24N4O/c1-15-3-6-17(7-4-15)14-21-19(24)23-11-9-22(10-12-23)18-8-5-16(2)13-20-18/h3-8,13H,9-12,14H2,1-2H3,(H,21,24). The number of urea groups is 1. The normalized spacial score (nSPS) is 14.6. The van der Waals surface area contributed by atoms with Gasteiger partial charge in [0, 0.05) is 38.9 Å². The van der Waals surface area contributed by atoms with Crippen LogP contribution in [0.25, 0.3) is 0 Å². The Morgan fingerprint density at radius 3 is 2.29 bits per heavy atom. The number of nitrogens with one attached hydrogen (secondary N) is 1. The topological polar surface area (TPSA) is 48.5 Å². The number of aromatic nitrogens is 1. The minimum atomic E-state index is 0.00657. The molecular formula is C19H24N4O. The fourth-order valence-corrected chi connectivity index (χ4v) is 2.78. The highest BCUT2D eigenvalue weighted by Crippen LogP contribution is 2.14. The number of piperazine rings is 1. The van der Waals surface area contributed by atoms with E-state index in [1.807, 2.05) is 24.1 Å². The molecule has 0 bridgehead atoms. The summed E-state index contributed by atoms with van der Waals surface area (Å²) < 4.78 is 0. The summed E-state index contributed by atoms with van der Waals surface area (Å²) in [6.45, 7) is 7.73. The molecule has 0 spiro atoms. The van der Waals surface area contributed by atoms with Gasteiger partial charge in [-0.25, -0.2) is 9.78 Å². The summed E-state index contributed by atoms with van der Waals surface area (Å²) in [6, 6.07) is 12.4. The Bertz CT molecular complexity index is 674. The van der Waals surface area contributed by atoms with Gasteiger partial charge in [0.1, 0.15) is 5.82 Å². The lowest BCUT2D eigenvalue weighted by Gasteiger charge is -2.35. The van der Waals surface area contributed by atoms with Crippen LogP contribution in [0.5, 0.6) is 0 Å². The van der Waals surface area contributed by atoms with Crippen molar-refractivity contribution in [3.63, 3.8) is 0 Å². The number of carbonyl (C=O) groups is 1. The first-order chi connectivity index (χ1) is 11.6. The van der Waals surface area contributed by atoms with Crippen LogP contribution in [0.1, 0.15) is 16.7 Å². The van der Waals surface area contributed by atoms with Crippen LogP contribution >= 0.6 is 0 Å². The minimum absolute atomic E-state index is 0.00657. The van der Waals surface area contributed by atoms with Crippen molar-refractivity contribution in [2.24, 2.45) is 0 Å². The Labute approximate surface area is 143 Å². The van der Waals surface area contributed by atoms with Crippen molar-refractivity contribution in [3.8, 4) is 0 Å². The summed E-state index contributed by atoms with van der Waals surface area (Å²) >= 11 is 0. The number of nitrogens with zero attached hydrogens (tertiary/aromatic N) is 3. The second-order valence-corrected chi connectivity index (χ2v) is 6.31. The zero-order chi connectivity index (χ0) is 16.9. The van der Waals surface area contributed by atoms with Gasteiger partial charge < -0.3 is 15.1 Å². The molecule has 1 aliphatic heterocycles. The number of hydrogen-bond donors (Lipinski definition) is 1. The maximum Gasteiger partial charge on any atom is 0.317 e. The molecule has 1 N–H and O–H groups in total. The van der Waals surface area contributed by atoms with Crippen molar-refractivity contribution in [1.82, 2.24) is 15.2 Å². The van der Waals surface area contributed by atoms with Gasteiger partial charge in [-0.3, -0.25) is 0 Å². The van der Waals surface area contributed by atoms with Gasteiger partial charge in [0.15, 0.2) is 0 Å². The summed E-state index contributed by atoms with van der Waals surface area (Å²) in [4.78, 5) is 20.9. The van der Waals surface area contributed by atoms with E-state index in [2.05, 4.69) is 52.5 Å². The molecule has 126 valence electrons. The number of pyridine rings is 1. The molecule has 1 fully saturated rings. The number of benzene rings is 1. The summed E-state index contributed by atoms with van der Waals surface area (Å²) in [5.41, 5.74) is 3.51. The van der Waals surface area contributed by atoms with Crippen LogP contribution in [-0.4, -0.2) is 42.1 Å². The van der Waals surface area contributed by atoms with Gasteiger partial charge in [-0.2, -0.15) is 0 Å². The fourth-order valence-electron chi connectivity index (χ4n) is 2.78. The van der Waals surface area contributed by atoms with Gasteiger partial charge in [-0.05, 0) is 31.0 Å². The molecule has 0 atom stereocenters. The van der Waals surface area contributed by atoms with E-state index >= 15 is 0 Å². The molecule has 1 saturated heterocycles. The van der Waals surface area contributed by atoms with E-state index in [-0.39, 0.29) is 6.03 Å². The average molecular weight is 324 g/mol. The van der Waals surface area contributed by atoms with Crippen molar-refractivity contribution in [3.05, 3.63) is 59.3 Å². The van der Waals surface area contributed by atoms with Crippen molar-refractivity contribution in [2.45, 2.75) is 20.4 Å². The predicted octanol–water partition coefficient (Wildman–Crippen LogP) is 2.73. The third-order valence-electron chi connectivity index (χ3n) is 4.35. The van der Waals surface area contributed by atoms with Gasteiger partial charge >= 0.3 is 6.03 Å². The molecule has 1 aromatic heterocycles. The first kappa shape index (κ1) is 16.3. The van der Waals surface area contributed by atoms with Crippen molar-refractivity contribution >= 4 is 11.8 Å². The SMILES string of the molecule is Cc1ccc(CNC(=O)N2CCN(c3ccc(C)cn3)CC2)cc1. The largest absolute Gasteiger partial charge is 0.353 e. The molecule has 2 heterocycles. The Morgan fingerprint density at radius 1 is 1.00 bits per heavy atom. The van der Waals surface area contributed by atoms with Crippen LogP contribution in [0.3, 0.4) is 0 Å². The van der Waals surface area contributed by atoms with Gasteiger partial charge in [0.05, 0.1) is 0 Å². The van der Waals surface area contributed by atoms with Crippen LogP contribution in [0.2, 0.25) is 0 Å². The van der Waals surface area contributed by atoms with Gasteiger partial charge in [0.25, 0.3) is 0 Å². The van der Waals surface area contributed by atoms with Gasteiger partial charge in [0.2, 0.25) is 0 Å². The zero-order valence-electron chi connectivity index (χ0n) is 14.3. The van der Waals surface area contributed by atoms with E-state index in [0.29, 0.717) is 6.54 Å². The molecule has 24 heavy (non-hydrogen) atoms. The molecule has 1 aliphatic rings. The third-order valence-corrected chi connectivity index (χ3v) is 4.35. The highest BCUT2D eigenvalue weighted by Gasteiger charge is 2.21. The molecular weight excluding hydrogens is 300 g/mol. The first-order valence-corrected chi connectivity index (χ1v) is 8.38. The van der Waals surface area contributed by atoms with Crippen molar-refractivity contribution in [1.29, 1.82) is 0 Å². The Kier molecular flexibility index (Phi) is 4.99. The molecule has 0 saturated carbocycles. The summed E-state index contributed by atoms with van der Waals surface area (Å²) in [6.07, 6.45) is 1.88. The summed E-state index contributed by atoms with van der Waals surface area (Å²) in [5.74, 6) is 0.986. The smallest absolute Gasteiger partial charge is 0.317 e. The van der Waals surface area contributed by atoms with E-state index in [1.165, 1.54) is 5.56 Å². The third kappa shape index (κ3) is 4.04. The highest BCUT2D eigenvalue weighted by molar-refractivity contribution is 5.74. The first-order valence-electron chi connectivity index (χ1n) is 8.38. The number of hydrogen-bond acceptors (Lipinski definition) is 3. The average Bonchev–Trinajstić information content (AvgIpc) is 2.62. The Balaban J connectivity index is 1.48. The van der Waals surface area contributed by atoms with Crippen LogP contribution < -0.4 is 10.2 Å². The molecule has 2 aromatic rings. The molecule has 1 aromatic carbocycles. The molecule has 0 aliphatic carbocycles. The molecule has 5 nitrogen and oxygen atoms in total. The van der Waals surface area contributed by atoms with Crippen LogP contribution in [-0.2, 0) is 6.54 Å². The van der Waals surface area contributed by atoms with E-state index < -0.39 is 0 Å². The van der Waals surface area contributed by atoms with Crippen molar-refractivity contribution in [2.75, 3.05) is 31.1 Å². The molecule has 2 amide bonds. The van der Waals surface area contributed by atoms with E-state index in [0.717, 1.165) is 43.1 Å². The molecule has 3 rings (SSSR count). The number of rotatable bonds is 3. The Morgan fingerprint density at radius 2 is 1.67 bits per heavy atom. The summed E-state index contributed by atoms with van der Waals surface area (Å²) in [5, 5.41) is 3.00. The predicted molar refractivity (Wildman–Crippen MR) is 96.2 cm³/mol. The van der Waals surface area contributed by atoms with Crippen molar-refractivity contribution < 1.29 is 4.79 Å². The number of aryl methyl sites for hydroxylation is 2. The number of carbonyl (C=O) groups excluding carboxylic acids is 1. The highest BCUT2D eigenvalue weighted by atomic mass is 16.2. The molecule has 0 radical (unpaired) electrons. The maximum atomic E-state index is 12.3. The lowest BCUT2D eigenvalue weighted by Crippen LogP contribution is -2.51. The lowest BCUT2D eigenvalue weighted by atomic mass is 10.1. The number of amides is 2. The van der Waals surface area contributed by atoms with Crippen LogP contribution in [0.4, 0.5) is 10.6 Å². The summed E-state index contributed by atoms with van der Waals surface area (Å²) in [7, 11) is 0. The monoisotopic (exact) mass is 324 g/mol. The zero-order valence-corrected chi connectivity index (χ0v) is 14.3. The van der Waals surface area contributed by atoms with Gasteiger partial charge in [-0.15, -0.1) is 0 Å². The second kappa shape index (κ2) is 7.34. The van der Waals surface area contributed by atoms with Crippen LogP contribution in [0.15, 0.2) is 42.6 Å². The minimum Gasteiger partial charge on any atom is -0.353 e. The van der Waals surface area contributed by atoms with E-state index in [4.69, 9.17) is 0 Å². The second-order valence-electron chi connectivity index (χ2n) is 6.31. The Hall–Kier alpha value is -2.56. The number of anilines is 1. The van der Waals surface area contributed by atoms with E-state index in [9.17, 15) is 4.79 Å². The molecule has 5 heteroatoms. The van der Waals surface area contributed by atoms with E-state index in [1.54, 1.807) is 0 Å². The maximum absolute atomic E-state index is 12.3. The fraction of sp³-hybridized carbons (Fsp3) is 0.368. The molecule has 0 unspecified atom stereocenters. The van der Waals surface area contributed by atoms with Gasteiger partial charge in [-0.1, -0.05) is 35.9 Å². The quantitative estimate of drug-likeness (QED) is 0.944. The van der Waals surface area contributed by atoms with Crippen LogP contribution in [0, 0.1) is 13.8 Å². The lowest BCUT2D eigenvalue weighted by molar-refractivity contribution is 0.194.